The van der Waals surface area contributed by atoms with Crippen LogP contribution in [0.4, 0.5) is 0 Å². The Balaban J connectivity index is 2.00. The monoisotopic (exact) mass is 238 g/mol. The molecule has 1 aliphatic heterocycles. The number of nitrogens with one attached hydrogen (secondary N) is 1. The summed E-state index contributed by atoms with van der Waals surface area (Å²) >= 11 is 0. The minimum Gasteiger partial charge on any atom is -0.341 e. The van der Waals surface area contributed by atoms with Gasteiger partial charge >= 0.3 is 0 Å². The summed E-state index contributed by atoms with van der Waals surface area (Å²) in [6.45, 7) is 8.89. The first-order valence-electron chi connectivity index (χ1n) is 7.07. The summed E-state index contributed by atoms with van der Waals surface area (Å²) in [5.41, 5.74) is -0.402. The highest BCUT2D eigenvalue weighted by atomic mass is 16.2. The van der Waals surface area contributed by atoms with Crippen LogP contribution in [-0.4, -0.2) is 36.0 Å². The third-order valence-corrected chi connectivity index (χ3v) is 4.29. The van der Waals surface area contributed by atoms with E-state index in [1.165, 1.54) is 25.7 Å². The molecule has 1 aliphatic carbocycles. The fourth-order valence-corrected chi connectivity index (χ4v) is 3.51. The summed E-state index contributed by atoms with van der Waals surface area (Å²) in [7, 11) is 0. The zero-order valence-corrected chi connectivity index (χ0v) is 11.5. The van der Waals surface area contributed by atoms with Crippen LogP contribution >= 0.6 is 0 Å². The van der Waals surface area contributed by atoms with Crippen LogP contribution in [-0.2, 0) is 4.79 Å². The molecule has 2 bridgehead atoms. The summed E-state index contributed by atoms with van der Waals surface area (Å²) in [6.07, 6.45) is 5.36. The summed E-state index contributed by atoms with van der Waals surface area (Å²) < 4.78 is 0. The third-order valence-electron chi connectivity index (χ3n) is 4.29. The summed E-state index contributed by atoms with van der Waals surface area (Å²) in [5.74, 6) is 1.82. The number of likely N-dealkylation sites (tertiary alicyclic amines) is 1. The van der Waals surface area contributed by atoms with Crippen molar-refractivity contribution in [3.05, 3.63) is 0 Å². The van der Waals surface area contributed by atoms with Gasteiger partial charge in [0.25, 0.3) is 0 Å². The Morgan fingerprint density at radius 2 is 1.88 bits per heavy atom. The highest BCUT2D eigenvalue weighted by Gasteiger charge is 2.37. The predicted molar refractivity (Wildman–Crippen MR) is 69.8 cm³/mol. The van der Waals surface area contributed by atoms with E-state index in [9.17, 15) is 4.79 Å². The number of rotatable bonds is 3. The Morgan fingerprint density at radius 1 is 1.29 bits per heavy atom. The van der Waals surface area contributed by atoms with Gasteiger partial charge in [-0.2, -0.15) is 0 Å². The molecule has 0 aromatic rings. The molecule has 2 unspecified atom stereocenters. The van der Waals surface area contributed by atoms with Crippen LogP contribution in [0.3, 0.4) is 0 Å². The molecule has 1 amide bonds. The van der Waals surface area contributed by atoms with Gasteiger partial charge in [0.2, 0.25) is 5.91 Å². The molecule has 0 radical (unpaired) electrons. The van der Waals surface area contributed by atoms with Gasteiger partial charge in [-0.25, -0.2) is 0 Å². The van der Waals surface area contributed by atoms with E-state index in [-0.39, 0.29) is 5.91 Å². The third kappa shape index (κ3) is 2.82. The minimum atomic E-state index is -0.402. The van der Waals surface area contributed by atoms with Gasteiger partial charge in [-0.1, -0.05) is 13.3 Å². The standard InChI is InChI=1S/C14H26N2O/c1-4-15-14(2,3)13(17)16-9-11-6-5-7-12(8-11)10-16/h11-12,15H,4-10H2,1-3H3. The zero-order chi connectivity index (χ0) is 12.5. The van der Waals surface area contributed by atoms with Crippen molar-refractivity contribution in [2.24, 2.45) is 11.8 Å². The first-order valence-corrected chi connectivity index (χ1v) is 7.07. The van der Waals surface area contributed by atoms with Crippen LogP contribution in [0.2, 0.25) is 0 Å². The van der Waals surface area contributed by atoms with E-state index < -0.39 is 5.54 Å². The number of amides is 1. The molecule has 1 N–H and O–H groups in total. The average Bonchev–Trinajstić information content (AvgIpc) is 2.27. The van der Waals surface area contributed by atoms with Crippen molar-refractivity contribution in [1.82, 2.24) is 10.2 Å². The summed E-state index contributed by atoms with van der Waals surface area (Å²) in [4.78, 5) is 14.6. The highest BCUT2D eigenvalue weighted by Crippen LogP contribution is 2.34. The normalized spacial score (nSPS) is 29.2. The maximum absolute atomic E-state index is 12.5. The maximum Gasteiger partial charge on any atom is 0.242 e. The lowest BCUT2D eigenvalue weighted by Gasteiger charge is -2.44. The number of nitrogens with zero attached hydrogens (tertiary/aromatic N) is 1. The van der Waals surface area contributed by atoms with E-state index in [2.05, 4.69) is 17.1 Å². The summed E-state index contributed by atoms with van der Waals surface area (Å²) in [5, 5.41) is 3.29. The maximum atomic E-state index is 12.5. The van der Waals surface area contributed by atoms with E-state index in [1.807, 2.05) is 13.8 Å². The second kappa shape index (κ2) is 4.97. The van der Waals surface area contributed by atoms with Crippen LogP contribution < -0.4 is 5.32 Å². The molecule has 0 aromatic heterocycles. The molecule has 3 heteroatoms. The molecular weight excluding hydrogens is 212 g/mol. The van der Waals surface area contributed by atoms with E-state index >= 15 is 0 Å². The molecule has 98 valence electrons. The fraction of sp³-hybridized carbons (Fsp3) is 0.929. The van der Waals surface area contributed by atoms with Crippen LogP contribution in [0.15, 0.2) is 0 Å². The molecular formula is C14H26N2O. The molecule has 2 aliphatic rings. The van der Waals surface area contributed by atoms with Crippen molar-refractivity contribution in [3.8, 4) is 0 Å². The van der Waals surface area contributed by atoms with Gasteiger partial charge in [-0.05, 0) is 51.5 Å². The number of fused-ring (bicyclic) bond motifs is 2. The molecule has 1 heterocycles. The van der Waals surface area contributed by atoms with Gasteiger partial charge in [-0.3, -0.25) is 4.79 Å². The molecule has 0 spiro atoms. The van der Waals surface area contributed by atoms with Crippen molar-refractivity contribution >= 4 is 5.91 Å². The molecule has 3 nitrogen and oxygen atoms in total. The number of piperidine rings is 1. The Labute approximate surface area is 105 Å². The zero-order valence-electron chi connectivity index (χ0n) is 11.5. The molecule has 1 saturated heterocycles. The Hall–Kier alpha value is -0.570. The minimum absolute atomic E-state index is 0.288. The number of carbonyl (C=O) groups excluding carboxylic acids is 1. The number of hydrogen-bond acceptors (Lipinski definition) is 2. The first kappa shape index (κ1) is 12.9. The van der Waals surface area contributed by atoms with E-state index in [0.29, 0.717) is 0 Å². The SMILES string of the molecule is CCNC(C)(C)C(=O)N1CC2CCCC(C2)C1. The lowest BCUT2D eigenvalue weighted by atomic mass is 9.77. The van der Waals surface area contributed by atoms with Gasteiger partial charge in [0.15, 0.2) is 0 Å². The van der Waals surface area contributed by atoms with Gasteiger partial charge in [-0.15, -0.1) is 0 Å². The quantitative estimate of drug-likeness (QED) is 0.816. The molecule has 0 aromatic carbocycles. The Kier molecular flexibility index (Phi) is 3.76. The fourth-order valence-electron chi connectivity index (χ4n) is 3.51. The topological polar surface area (TPSA) is 32.3 Å². The van der Waals surface area contributed by atoms with Gasteiger partial charge < -0.3 is 10.2 Å². The molecule has 2 fully saturated rings. The van der Waals surface area contributed by atoms with Crippen molar-refractivity contribution in [1.29, 1.82) is 0 Å². The van der Waals surface area contributed by atoms with Crippen molar-refractivity contribution < 1.29 is 4.79 Å². The van der Waals surface area contributed by atoms with Gasteiger partial charge in [0, 0.05) is 13.1 Å². The molecule has 2 rings (SSSR count). The highest BCUT2D eigenvalue weighted by molar-refractivity contribution is 5.85. The number of likely N-dealkylation sites (N-methyl/N-ethyl adjacent to an activating group) is 1. The molecule has 2 atom stereocenters. The van der Waals surface area contributed by atoms with Crippen molar-refractivity contribution in [2.75, 3.05) is 19.6 Å². The van der Waals surface area contributed by atoms with Crippen molar-refractivity contribution in [2.45, 2.75) is 52.0 Å². The van der Waals surface area contributed by atoms with E-state index in [0.717, 1.165) is 31.5 Å². The lowest BCUT2D eigenvalue weighted by Crippen LogP contribution is -2.57. The smallest absolute Gasteiger partial charge is 0.242 e. The Bertz CT molecular complexity index is 276. The summed E-state index contributed by atoms with van der Waals surface area (Å²) in [6, 6.07) is 0. The van der Waals surface area contributed by atoms with Gasteiger partial charge in [0.1, 0.15) is 0 Å². The van der Waals surface area contributed by atoms with Crippen LogP contribution in [0, 0.1) is 11.8 Å². The van der Waals surface area contributed by atoms with Crippen LogP contribution in [0.25, 0.3) is 0 Å². The second-order valence-electron chi connectivity index (χ2n) is 6.26. The van der Waals surface area contributed by atoms with Crippen molar-refractivity contribution in [3.63, 3.8) is 0 Å². The van der Waals surface area contributed by atoms with Gasteiger partial charge in [0.05, 0.1) is 5.54 Å². The van der Waals surface area contributed by atoms with Crippen LogP contribution in [0.1, 0.15) is 46.5 Å². The molecule has 17 heavy (non-hydrogen) atoms. The Morgan fingerprint density at radius 3 is 2.41 bits per heavy atom. The second-order valence-corrected chi connectivity index (χ2v) is 6.26. The van der Waals surface area contributed by atoms with E-state index in [1.54, 1.807) is 0 Å². The molecule has 1 saturated carbocycles. The first-order chi connectivity index (χ1) is 8.03. The average molecular weight is 238 g/mol. The number of hydrogen-bond donors (Lipinski definition) is 1. The number of carbonyl (C=O) groups is 1. The van der Waals surface area contributed by atoms with E-state index in [4.69, 9.17) is 0 Å². The van der Waals surface area contributed by atoms with Crippen LogP contribution in [0.5, 0.6) is 0 Å². The largest absolute Gasteiger partial charge is 0.341 e. The lowest BCUT2D eigenvalue weighted by molar-refractivity contribution is -0.140. The predicted octanol–water partition coefficient (Wildman–Crippen LogP) is 2.02.